The molecule has 0 saturated heterocycles. The molecule has 0 aliphatic heterocycles. The predicted molar refractivity (Wildman–Crippen MR) is 45.2 cm³/mol. The predicted octanol–water partition coefficient (Wildman–Crippen LogP) is 0.417. The van der Waals surface area contributed by atoms with E-state index >= 15 is 0 Å². The van der Waals surface area contributed by atoms with Crippen molar-refractivity contribution < 1.29 is 77.5 Å². The van der Waals surface area contributed by atoms with E-state index in [4.69, 9.17) is 11.6 Å². The molecule has 1 rings (SSSR count). The number of rotatable bonds is 1. The van der Waals surface area contributed by atoms with E-state index in [1.807, 2.05) is 0 Å². The molecular weight excluding hydrogens is 283 g/mol. The molecule has 16 heavy (non-hydrogen) atoms. The Kier molecular flexibility index (Phi) is 5.90. The average molecular weight is 286 g/mol. The molecule has 0 atom stereocenters. The average Bonchev–Trinajstić information content (AvgIpc) is 2.00. The van der Waals surface area contributed by atoms with E-state index in [2.05, 4.69) is 0 Å². The molecule has 0 N–H and O–H groups in total. The van der Waals surface area contributed by atoms with Crippen LogP contribution in [0.4, 0.5) is 26.1 Å². The Morgan fingerprint density at radius 2 is 1.56 bits per heavy atom. The summed E-state index contributed by atoms with van der Waals surface area (Å²) in [6.07, 6.45) is -4.88. The third kappa shape index (κ3) is 4.23. The van der Waals surface area contributed by atoms with Crippen LogP contribution in [-0.2, 0) is 6.18 Å². The van der Waals surface area contributed by atoms with Crippen molar-refractivity contribution in [3.05, 3.63) is 28.8 Å². The zero-order valence-corrected chi connectivity index (χ0v) is 11.8. The number of hydrogen-bond donors (Lipinski definition) is 0. The van der Waals surface area contributed by atoms with E-state index in [1.54, 1.807) is 0 Å². The molecule has 1 aromatic carbocycles. The summed E-state index contributed by atoms with van der Waals surface area (Å²) >= 11 is 5.15. The van der Waals surface area contributed by atoms with Gasteiger partial charge >= 0.3 is 64.5 Å². The largest absolute Gasteiger partial charge is 1.00 e. The molecule has 0 nitrogen and oxygen atoms in total. The second-order valence-electron chi connectivity index (χ2n) is 2.81. The van der Waals surface area contributed by atoms with Gasteiger partial charge in [-0.3, -0.25) is 0 Å². The minimum atomic E-state index is -5.45. The van der Waals surface area contributed by atoms with Gasteiger partial charge in [-0.2, -0.15) is 13.2 Å². The Bertz CT molecular complexity index is 374. The van der Waals surface area contributed by atoms with Crippen molar-refractivity contribution >= 4 is 24.0 Å². The molecule has 0 spiro atoms. The summed E-state index contributed by atoms with van der Waals surface area (Å²) < 4.78 is 72.9. The molecule has 0 saturated carbocycles. The zero-order valence-electron chi connectivity index (χ0n) is 7.96. The van der Waals surface area contributed by atoms with Gasteiger partial charge in [-0.05, 0) is 6.07 Å². The molecule has 84 valence electrons. The van der Waals surface area contributed by atoms with Crippen molar-refractivity contribution in [1.29, 1.82) is 0 Å². The fourth-order valence-electron chi connectivity index (χ4n) is 0.964. The SMILES string of the molecule is F[B-](F)(F)c1ccc(Cl)c(C(F)(F)F)c1.[K+]. The second kappa shape index (κ2) is 5.62. The molecule has 9 heteroatoms. The van der Waals surface area contributed by atoms with Crippen LogP contribution < -0.4 is 56.8 Å². The van der Waals surface area contributed by atoms with Gasteiger partial charge in [0.25, 0.3) is 0 Å². The molecule has 0 aliphatic rings. The summed E-state index contributed by atoms with van der Waals surface area (Å²) in [5.74, 6) is 0. The van der Waals surface area contributed by atoms with Gasteiger partial charge in [-0.25, -0.2) is 0 Å². The number of alkyl halides is 3. The van der Waals surface area contributed by atoms with Crippen LogP contribution in [0.5, 0.6) is 0 Å². The van der Waals surface area contributed by atoms with Gasteiger partial charge in [0.1, 0.15) is 0 Å². The van der Waals surface area contributed by atoms with Crippen molar-refractivity contribution in [3.63, 3.8) is 0 Å². The number of halogens is 7. The topological polar surface area (TPSA) is 0 Å². The fraction of sp³-hybridized carbons (Fsp3) is 0.143. The van der Waals surface area contributed by atoms with Crippen molar-refractivity contribution in [2.75, 3.05) is 0 Å². The Labute approximate surface area is 135 Å². The standard InChI is InChI=1S/C7H3BClF6.K/c9-6-2-1-4(8(13,14)15)3-5(6)7(10,11)12;/h1-3H;/q-1;+1. The van der Waals surface area contributed by atoms with Crippen LogP contribution in [-0.4, -0.2) is 6.98 Å². The van der Waals surface area contributed by atoms with E-state index < -0.39 is 29.2 Å². The quantitative estimate of drug-likeness (QED) is 0.518. The molecule has 0 aromatic heterocycles. The van der Waals surface area contributed by atoms with E-state index in [-0.39, 0.29) is 57.5 Å². The maximum atomic E-state index is 12.2. The smallest absolute Gasteiger partial charge is 0.445 e. The second-order valence-corrected chi connectivity index (χ2v) is 3.22. The van der Waals surface area contributed by atoms with Gasteiger partial charge in [-0.1, -0.05) is 23.7 Å². The van der Waals surface area contributed by atoms with Gasteiger partial charge in [0.15, 0.2) is 0 Å². The van der Waals surface area contributed by atoms with Crippen molar-refractivity contribution in [2.45, 2.75) is 6.18 Å². The van der Waals surface area contributed by atoms with Gasteiger partial charge in [-0.15, -0.1) is 5.46 Å². The summed E-state index contributed by atoms with van der Waals surface area (Å²) in [5.41, 5.74) is -2.78. The fourth-order valence-corrected chi connectivity index (χ4v) is 1.19. The molecule has 0 fully saturated rings. The molecule has 0 unspecified atom stereocenters. The van der Waals surface area contributed by atoms with Crippen LogP contribution in [0, 0.1) is 0 Å². The van der Waals surface area contributed by atoms with E-state index in [0.717, 1.165) is 0 Å². The molecule has 0 radical (unpaired) electrons. The summed E-state index contributed by atoms with van der Waals surface area (Å²) in [7, 11) is 0. The molecule has 0 bridgehead atoms. The van der Waals surface area contributed by atoms with Crippen LogP contribution in [0.3, 0.4) is 0 Å². The Morgan fingerprint density at radius 3 is 1.94 bits per heavy atom. The molecule has 0 aliphatic carbocycles. The van der Waals surface area contributed by atoms with Crippen LogP contribution in [0.2, 0.25) is 5.02 Å². The van der Waals surface area contributed by atoms with Gasteiger partial charge in [0.2, 0.25) is 0 Å². The van der Waals surface area contributed by atoms with Crippen molar-refractivity contribution in [2.24, 2.45) is 0 Å². The first-order valence-electron chi connectivity index (χ1n) is 3.69. The van der Waals surface area contributed by atoms with Crippen molar-refractivity contribution in [1.82, 2.24) is 0 Å². The van der Waals surface area contributed by atoms with Crippen molar-refractivity contribution in [3.8, 4) is 0 Å². The molecular formula is C7H3BClF6K. The maximum Gasteiger partial charge on any atom is 1.00 e. The molecule has 0 amide bonds. The van der Waals surface area contributed by atoms with E-state index in [9.17, 15) is 26.1 Å². The first-order valence-corrected chi connectivity index (χ1v) is 4.07. The maximum absolute atomic E-state index is 12.2. The van der Waals surface area contributed by atoms with E-state index in [1.165, 1.54) is 0 Å². The number of benzene rings is 1. The molecule has 0 heterocycles. The third-order valence-electron chi connectivity index (χ3n) is 1.67. The summed E-state index contributed by atoms with van der Waals surface area (Å²) in [5, 5.41) is -0.744. The normalized spacial score (nSPS) is 12.2. The van der Waals surface area contributed by atoms with Gasteiger partial charge in [0.05, 0.1) is 10.6 Å². The molecule has 1 aromatic rings. The van der Waals surface area contributed by atoms with E-state index in [0.29, 0.717) is 12.1 Å². The van der Waals surface area contributed by atoms with Crippen LogP contribution in [0.1, 0.15) is 5.56 Å². The van der Waals surface area contributed by atoms with Gasteiger partial charge in [0, 0.05) is 0 Å². The monoisotopic (exact) mass is 286 g/mol. The number of hydrogen-bond acceptors (Lipinski definition) is 0. The van der Waals surface area contributed by atoms with Crippen LogP contribution in [0.15, 0.2) is 18.2 Å². The first kappa shape index (κ1) is 16.8. The Hall–Kier alpha value is 0.791. The third-order valence-corrected chi connectivity index (χ3v) is 2.00. The summed E-state index contributed by atoms with van der Waals surface area (Å²) in [6, 6.07) is 1.13. The Balaban J connectivity index is 0.00000225. The first-order chi connectivity index (χ1) is 6.62. The van der Waals surface area contributed by atoms with Gasteiger partial charge < -0.3 is 12.9 Å². The summed E-state index contributed by atoms with van der Waals surface area (Å²) in [4.78, 5) is 0. The Morgan fingerprint density at radius 1 is 1.06 bits per heavy atom. The van der Waals surface area contributed by atoms with Crippen LogP contribution >= 0.6 is 11.6 Å². The minimum Gasteiger partial charge on any atom is -0.445 e. The summed E-state index contributed by atoms with van der Waals surface area (Å²) in [6.45, 7) is -5.45. The minimum absolute atomic E-state index is 0. The zero-order chi connectivity index (χ0) is 11.9. The van der Waals surface area contributed by atoms with Crippen LogP contribution in [0.25, 0.3) is 0 Å².